The Labute approximate surface area is 206 Å². The smallest absolute Gasteiger partial charge is 0.387 e. The minimum absolute atomic E-state index is 0.0419. The van der Waals surface area contributed by atoms with Crippen LogP contribution in [0.3, 0.4) is 0 Å². The summed E-state index contributed by atoms with van der Waals surface area (Å²) in [6.45, 7) is -3.85. The van der Waals surface area contributed by atoms with Crippen LogP contribution in [-0.2, 0) is 0 Å². The maximum absolute atomic E-state index is 13.2. The summed E-state index contributed by atoms with van der Waals surface area (Å²) in [6, 6.07) is 9.30. The van der Waals surface area contributed by atoms with Gasteiger partial charge in [-0.15, -0.1) is 0 Å². The Morgan fingerprint density at radius 2 is 1.86 bits per heavy atom. The molecule has 3 aliphatic heterocycles. The van der Waals surface area contributed by atoms with Gasteiger partial charge in [0.25, 0.3) is 11.8 Å². The van der Waals surface area contributed by atoms with Crippen molar-refractivity contribution in [1.29, 1.82) is 0 Å². The number of nitrogens with one attached hydrogen (secondary N) is 1. The maximum Gasteiger partial charge on any atom is 0.387 e. The molecule has 2 aromatic heterocycles. The lowest BCUT2D eigenvalue weighted by Crippen LogP contribution is -2.57. The second-order valence-electron chi connectivity index (χ2n) is 9.40. The number of benzene rings is 2. The van der Waals surface area contributed by atoms with Gasteiger partial charge >= 0.3 is 6.61 Å². The highest BCUT2D eigenvalue weighted by molar-refractivity contribution is 5.98. The SMILES string of the molecule is O=C1N[C@@H]2C[C@H](c3c(OC(F)F)cccc31)n1c2nc2ccc(-c3cnc(N4CC(F)(F)C4)nc3)cc21. The van der Waals surface area contributed by atoms with E-state index < -0.39 is 37.7 Å². The van der Waals surface area contributed by atoms with Crippen molar-refractivity contribution in [2.45, 2.75) is 31.0 Å². The van der Waals surface area contributed by atoms with Crippen molar-refractivity contribution in [3.8, 4) is 16.9 Å². The lowest BCUT2D eigenvalue weighted by Gasteiger charge is -2.38. The molecular formula is C25H18F4N6O2. The van der Waals surface area contributed by atoms with E-state index in [1.165, 1.54) is 17.0 Å². The van der Waals surface area contributed by atoms with Crippen LogP contribution in [0.15, 0.2) is 48.8 Å². The van der Waals surface area contributed by atoms with Crippen LogP contribution in [0.5, 0.6) is 5.75 Å². The minimum atomic E-state index is -3.04. The highest BCUT2D eigenvalue weighted by Gasteiger charge is 2.45. The van der Waals surface area contributed by atoms with Gasteiger partial charge in [0, 0.05) is 29.1 Å². The first-order valence-corrected chi connectivity index (χ1v) is 11.6. The van der Waals surface area contributed by atoms with Crippen LogP contribution >= 0.6 is 0 Å². The molecule has 0 aliphatic carbocycles. The summed E-state index contributed by atoms with van der Waals surface area (Å²) in [5.74, 6) is -2.25. The molecule has 7 rings (SSSR count). The molecule has 5 heterocycles. The average molecular weight is 510 g/mol. The Hall–Kier alpha value is -4.22. The number of halogens is 4. The molecule has 1 saturated heterocycles. The summed E-state index contributed by atoms with van der Waals surface area (Å²) >= 11 is 0. The molecule has 2 bridgehead atoms. The summed E-state index contributed by atoms with van der Waals surface area (Å²) in [6.07, 6.45) is 3.60. The highest BCUT2D eigenvalue weighted by Crippen LogP contribution is 2.47. The van der Waals surface area contributed by atoms with E-state index in [0.29, 0.717) is 28.9 Å². The molecular weight excluding hydrogens is 492 g/mol. The molecule has 3 aliphatic rings. The van der Waals surface area contributed by atoms with E-state index in [0.717, 1.165) is 11.1 Å². The standard InChI is InChI=1S/C25H18F4N6O2/c26-23(27)37-19-3-1-2-14-20(19)18-7-16(33-22(14)36)21-32-15-5-4-12(6-17(15)35(18)21)13-8-30-24(31-9-13)34-10-25(28,29)11-34/h1-6,8-9,16,18,23H,7,10-11H2,(H,33,36)/t16-,18-/m1/s1. The number of hydrogen-bond donors (Lipinski definition) is 1. The number of carbonyl (C=O) groups excluding carboxylic acids is 1. The molecule has 2 atom stereocenters. The molecule has 12 heteroatoms. The number of imidazole rings is 1. The molecule has 1 fully saturated rings. The number of rotatable bonds is 4. The van der Waals surface area contributed by atoms with Crippen LogP contribution in [0, 0.1) is 0 Å². The maximum atomic E-state index is 13.2. The van der Waals surface area contributed by atoms with Crippen molar-refractivity contribution in [2.75, 3.05) is 18.0 Å². The zero-order valence-electron chi connectivity index (χ0n) is 19.0. The monoisotopic (exact) mass is 510 g/mol. The van der Waals surface area contributed by atoms with Crippen LogP contribution < -0.4 is 15.0 Å². The molecule has 0 saturated carbocycles. The van der Waals surface area contributed by atoms with Crippen molar-refractivity contribution >= 4 is 22.9 Å². The molecule has 0 radical (unpaired) electrons. The third kappa shape index (κ3) is 3.42. The normalized spacial score (nSPS) is 21.3. The Morgan fingerprint density at radius 3 is 2.59 bits per heavy atom. The fraction of sp³-hybridized carbons (Fsp3) is 0.280. The first kappa shape index (κ1) is 22.0. The van der Waals surface area contributed by atoms with Gasteiger partial charge in [0.15, 0.2) is 0 Å². The van der Waals surface area contributed by atoms with Crippen LogP contribution in [0.25, 0.3) is 22.2 Å². The van der Waals surface area contributed by atoms with E-state index in [9.17, 15) is 22.4 Å². The van der Waals surface area contributed by atoms with Gasteiger partial charge in [-0.3, -0.25) is 4.79 Å². The number of carbonyl (C=O) groups is 1. The van der Waals surface area contributed by atoms with Gasteiger partial charge in [-0.1, -0.05) is 12.1 Å². The van der Waals surface area contributed by atoms with Crippen LogP contribution in [0.4, 0.5) is 23.5 Å². The Kier molecular flexibility index (Phi) is 4.55. The number of nitrogens with zero attached hydrogens (tertiary/aromatic N) is 5. The third-order valence-corrected chi connectivity index (χ3v) is 7.06. The Bertz CT molecular complexity index is 1560. The Balaban J connectivity index is 1.31. The van der Waals surface area contributed by atoms with E-state index in [2.05, 4.69) is 15.3 Å². The summed E-state index contributed by atoms with van der Waals surface area (Å²) in [7, 11) is 0. The molecule has 37 heavy (non-hydrogen) atoms. The quantitative estimate of drug-likeness (QED) is 0.412. The van der Waals surface area contributed by atoms with Gasteiger partial charge in [0.2, 0.25) is 5.95 Å². The van der Waals surface area contributed by atoms with Crippen molar-refractivity contribution in [1.82, 2.24) is 24.8 Å². The van der Waals surface area contributed by atoms with E-state index in [4.69, 9.17) is 9.72 Å². The van der Waals surface area contributed by atoms with E-state index in [1.807, 2.05) is 22.8 Å². The fourth-order valence-corrected chi connectivity index (χ4v) is 5.48. The van der Waals surface area contributed by atoms with Crippen molar-refractivity contribution < 1.29 is 27.1 Å². The largest absolute Gasteiger partial charge is 0.434 e. The second kappa shape index (κ2) is 7.64. The molecule has 0 unspecified atom stereocenters. The zero-order valence-corrected chi connectivity index (χ0v) is 19.0. The number of fused-ring (bicyclic) bond motifs is 9. The van der Waals surface area contributed by atoms with E-state index in [1.54, 1.807) is 18.5 Å². The molecule has 1 N–H and O–H groups in total. The van der Waals surface area contributed by atoms with Crippen LogP contribution in [-0.4, -0.2) is 51.0 Å². The number of aromatic nitrogens is 4. The predicted molar refractivity (Wildman–Crippen MR) is 124 cm³/mol. The minimum Gasteiger partial charge on any atom is -0.434 e. The number of amides is 1. The second-order valence-corrected chi connectivity index (χ2v) is 9.40. The predicted octanol–water partition coefficient (Wildman–Crippen LogP) is 4.33. The zero-order chi connectivity index (χ0) is 25.5. The van der Waals surface area contributed by atoms with Gasteiger partial charge in [-0.25, -0.2) is 23.7 Å². The summed E-state index contributed by atoms with van der Waals surface area (Å²) in [4.78, 5) is 27.5. The molecule has 8 nitrogen and oxygen atoms in total. The van der Waals surface area contributed by atoms with Gasteiger partial charge in [0.05, 0.1) is 36.2 Å². The van der Waals surface area contributed by atoms with Crippen molar-refractivity contribution in [3.05, 3.63) is 65.7 Å². The highest BCUT2D eigenvalue weighted by atomic mass is 19.3. The summed E-state index contributed by atoms with van der Waals surface area (Å²) in [5, 5.41) is 2.96. The number of hydrogen-bond acceptors (Lipinski definition) is 6. The van der Waals surface area contributed by atoms with Crippen molar-refractivity contribution in [2.24, 2.45) is 0 Å². The molecule has 188 valence electrons. The van der Waals surface area contributed by atoms with Gasteiger partial charge in [-0.05, 0) is 36.2 Å². The van der Waals surface area contributed by atoms with Gasteiger partial charge in [-0.2, -0.15) is 8.78 Å². The lowest BCUT2D eigenvalue weighted by molar-refractivity contribution is -0.0507. The summed E-state index contributed by atoms with van der Waals surface area (Å²) in [5.41, 5.74) is 3.57. The van der Waals surface area contributed by atoms with Crippen LogP contribution in [0.2, 0.25) is 0 Å². The molecule has 0 spiro atoms. The lowest BCUT2D eigenvalue weighted by atomic mass is 9.97. The number of alkyl halides is 4. The number of ether oxygens (including phenoxy) is 1. The molecule has 4 aromatic rings. The first-order valence-electron chi connectivity index (χ1n) is 11.6. The Morgan fingerprint density at radius 1 is 1.08 bits per heavy atom. The topological polar surface area (TPSA) is 85.2 Å². The van der Waals surface area contributed by atoms with Gasteiger partial charge < -0.3 is 19.5 Å². The number of anilines is 1. The van der Waals surface area contributed by atoms with Crippen LogP contribution in [0.1, 0.15) is 40.3 Å². The third-order valence-electron chi connectivity index (χ3n) is 7.06. The average Bonchev–Trinajstić information content (AvgIpc) is 3.34. The summed E-state index contributed by atoms with van der Waals surface area (Å²) < 4.78 is 59.6. The van der Waals surface area contributed by atoms with E-state index >= 15 is 0 Å². The molecule has 1 amide bonds. The van der Waals surface area contributed by atoms with Gasteiger partial charge in [0.1, 0.15) is 11.6 Å². The molecule has 2 aromatic carbocycles. The first-order chi connectivity index (χ1) is 17.8. The fourth-order valence-electron chi connectivity index (χ4n) is 5.48. The van der Waals surface area contributed by atoms with E-state index in [-0.39, 0.29) is 23.2 Å². The van der Waals surface area contributed by atoms with Crippen molar-refractivity contribution in [3.63, 3.8) is 0 Å².